The van der Waals surface area contributed by atoms with Crippen molar-refractivity contribution >= 4 is 5.97 Å². The van der Waals surface area contributed by atoms with Gasteiger partial charge in [0, 0.05) is 0 Å². The Balaban J connectivity index is 3.49. The predicted octanol–water partition coefficient (Wildman–Crippen LogP) is -0.0999. The molecular formula is C7H11NO2. The van der Waals surface area contributed by atoms with Crippen molar-refractivity contribution < 1.29 is 9.53 Å². The summed E-state index contributed by atoms with van der Waals surface area (Å²) in [6, 6.07) is -0.515. The topological polar surface area (TPSA) is 52.3 Å². The first-order chi connectivity index (χ1) is 4.70. The first kappa shape index (κ1) is 8.99. The Hall–Kier alpha value is -1.01. The van der Waals surface area contributed by atoms with E-state index in [1.54, 1.807) is 6.92 Å². The van der Waals surface area contributed by atoms with E-state index in [4.69, 9.17) is 12.2 Å². The third kappa shape index (κ3) is 3.93. The minimum Gasteiger partial charge on any atom is -0.466 e. The van der Waals surface area contributed by atoms with Crippen LogP contribution in [-0.2, 0) is 9.53 Å². The number of carbonyl (C=O) groups excluding carboxylic acids is 1. The number of hydrogen-bond donors (Lipinski definition) is 1. The van der Waals surface area contributed by atoms with E-state index in [9.17, 15) is 4.79 Å². The maximum atomic E-state index is 10.6. The smallest absolute Gasteiger partial charge is 0.308 e. The molecule has 0 fully saturated rings. The number of carbonyl (C=O) groups is 1. The highest BCUT2D eigenvalue weighted by Gasteiger charge is 2.05. The zero-order chi connectivity index (χ0) is 7.98. The Morgan fingerprint density at radius 1 is 1.90 bits per heavy atom. The first-order valence-corrected chi connectivity index (χ1v) is 3.08. The van der Waals surface area contributed by atoms with E-state index in [-0.39, 0.29) is 12.4 Å². The normalized spacial score (nSPS) is 11.7. The molecule has 0 aliphatic carbocycles. The van der Waals surface area contributed by atoms with Gasteiger partial charge in [-0.15, -0.1) is 6.42 Å². The number of rotatable bonds is 3. The fourth-order valence-corrected chi connectivity index (χ4v) is 0.458. The van der Waals surface area contributed by atoms with Crippen molar-refractivity contribution in [3.8, 4) is 12.3 Å². The van der Waals surface area contributed by atoms with Crippen LogP contribution in [-0.4, -0.2) is 18.6 Å². The highest BCUT2D eigenvalue weighted by atomic mass is 16.5. The summed E-state index contributed by atoms with van der Waals surface area (Å²) in [7, 11) is 0. The van der Waals surface area contributed by atoms with Gasteiger partial charge in [0.05, 0.1) is 19.1 Å². The zero-order valence-electron chi connectivity index (χ0n) is 5.96. The monoisotopic (exact) mass is 141 g/mol. The molecule has 1 atom stereocenters. The highest BCUT2D eigenvalue weighted by molar-refractivity contribution is 5.70. The minimum atomic E-state index is -0.515. The standard InChI is InChI=1S/C7H11NO2/c1-3-6(8)5-7(9)10-4-2/h1,6H,4-5,8H2,2H3. The zero-order valence-corrected chi connectivity index (χ0v) is 5.96. The molecule has 10 heavy (non-hydrogen) atoms. The lowest BCUT2D eigenvalue weighted by Gasteiger charge is -2.02. The van der Waals surface area contributed by atoms with Crippen molar-refractivity contribution in [1.29, 1.82) is 0 Å². The van der Waals surface area contributed by atoms with Crippen LogP contribution in [0.4, 0.5) is 0 Å². The quantitative estimate of drug-likeness (QED) is 0.441. The van der Waals surface area contributed by atoms with Crippen LogP contribution in [0.25, 0.3) is 0 Å². The van der Waals surface area contributed by atoms with E-state index in [0.717, 1.165) is 0 Å². The molecule has 0 amide bonds. The van der Waals surface area contributed by atoms with Gasteiger partial charge in [-0.1, -0.05) is 5.92 Å². The first-order valence-electron chi connectivity index (χ1n) is 3.08. The molecule has 0 aromatic heterocycles. The van der Waals surface area contributed by atoms with Crippen molar-refractivity contribution in [3.63, 3.8) is 0 Å². The molecular weight excluding hydrogens is 130 g/mol. The lowest BCUT2D eigenvalue weighted by atomic mass is 10.2. The summed E-state index contributed by atoms with van der Waals surface area (Å²) in [4.78, 5) is 10.6. The van der Waals surface area contributed by atoms with Gasteiger partial charge in [-0.2, -0.15) is 0 Å². The van der Waals surface area contributed by atoms with E-state index in [2.05, 4.69) is 10.7 Å². The summed E-state index contributed by atoms with van der Waals surface area (Å²) in [5, 5.41) is 0. The average Bonchev–Trinajstić information content (AvgIpc) is 1.88. The number of terminal acetylenes is 1. The van der Waals surface area contributed by atoms with Crippen molar-refractivity contribution in [1.82, 2.24) is 0 Å². The number of nitrogens with two attached hydrogens (primary N) is 1. The van der Waals surface area contributed by atoms with E-state index < -0.39 is 6.04 Å². The van der Waals surface area contributed by atoms with Gasteiger partial charge in [-0.3, -0.25) is 4.79 Å². The largest absolute Gasteiger partial charge is 0.466 e. The van der Waals surface area contributed by atoms with Gasteiger partial charge < -0.3 is 10.5 Å². The summed E-state index contributed by atoms with van der Waals surface area (Å²) in [6.45, 7) is 2.11. The molecule has 0 radical (unpaired) electrons. The van der Waals surface area contributed by atoms with Crippen molar-refractivity contribution in [3.05, 3.63) is 0 Å². The van der Waals surface area contributed by atoms with Crippen molar-refractivity contribution in [2.75, 3.05) is 6.61 Å². The number of hydrogen-bond acceptors (Lipinski definition) is 3. The Morgan fingerprint density at radius 3 is 2.90 bits per heavy atom. The van der Waals surface area contributed by atoms with Crippen LogP contribution in [0.3, 0.4) is 0 Å². The molecule has 0 spiro atoms. The van der Waals surface area contributed by atoms with Gasteiger partial charge in [0.25, 0.3) is 0 Å². The molecule has 0 rings (SSSR count). The number of ether oxygens (including phenoxy) is 1. The summed E-state index contributed by atoms with van der Waals surface area (Å²) in [5.74, 6) is 1.89. The lowest BCUT2D eigenvalue weighted by molar-refractivity contribution is -0.143. The molecule has 3 heteroatoms. The van der Waals surface area contributed by atoms with Crippen LogP contribution in [0.1, 0.15) is 13.3 Å². The Labute approximate surface area is 60.5 Å². The predicted molar refractivity (Wildman–Crippen MR) is 38.1 cm³/mol. The van der Waals surface area contributed by atoms with Crippen LogP contribution in [0.15, 0.2) is 0 Å². The van der Waals surface area contributed by atoms with Gasteiger partial charge >= 0.3 is 5.97 Å². The van der Waals surface area contributed by atoms with Crippen LogP contribution in [0.2, 0.25) is 0 Å². The second-order valence-corrected chi connectivity index (χ2v) is 1.78. The minimum absolute atomic E-state index is 0.102. The molecule has 0 saturated carbocycles. The van der Waals surface area contributed by atoms with Crippen molar-refractivity contribution in [2.45, 2.75) is 19.4 Å². The molecule has 0 saturated heterocycles. The second kappa shape index (κ2) is 4.83. The summed E-state index contributed by atoms with van der Waals surface area (Å²) >= 11 is 0. The van der Waals surface area contributed by atoms with Crippen LogP contribution in [0.5, 0.6) is 0 Å². The molecule has 1 unspecified atom stereocenters. The molecule has 2 N–H and O–H groups in total. The van der Waals surface area contributed by atoms with E-state index in [0.29, 0.717) is 6.61 Å². The number of esters is 1. The molecule has 0 aromatic carbocycles. The van der Waals surface area contributed by atoms with E-state index >= 15 is 0 Å². The third-order valence-corrected chi connectivity index (χ3v) is 0.906. The van der Waals surface area contributed by atoms with Gasteiger partial charge in [0.2, 0.25) is 0 Å². The SMILES string of the molecule is C#CC(N)CC(=O)OCC. The van der Waals surface area contributed by atoms with E-state index in [1.807, 2.05) is 0 Å². The fourth-order valence-electron chi connectivity index (χ4n) is 0.458. The molecule has 0 heterocycles. The van der Waals surface area contributed by atoms with Crippen LogP contribution < -0.4 is 5.73 Å². The average molecular weight is 141 g/mol. The molecule has 0 aliphatic rings. The van der Waals surface area contributed by atoms with E-state index in [1.165, 1.54) is 0 Å². The molecule has 56 valence electrons. The van der Waals surface area contributed by atoms with Gasteiger partial charge in [-0.05, 0) is 6.92 Å². The Morgan fingerprint density at radius 2 is 2.50 bits per heavy atom. The van der Waals surface area contributed by atoms with Crippen LogP contribution >= 0.6 is 0 Å². The summed E-state index contributed by atoms with van der Waals surface area (Å²) in [6.07, 6.45) is 5.04. The van der Waals surface area contributed by atoms with Gasteiger partial charge in [-0.25, -0.2) is 0 Å². The summed E-state index contributed by atoms with van der Waals surface area (Å²) < 4.78 is 4.60. The molecule has 0 aromatic rings. The molecule has 3 nitrogen and oxygen atoms in total. The third-order valence-electron chi connectivity index (χ3n) is 0.906. The van der Waals surface area contributed by atoms with Gasteiger partial charge in [0.1, 0.15) is 0 Å². The molecule has 0 aliphatic heterocycles. The lowest BCUT2D eigenvalue weighted by Crippen LogP contribution is -2.22. The van der Waals surface area contributed by atoms with Crippen molar-refractivity contribution in [2.24, 2.45) is 5.73 Å². The fraction of sp³-hybridized carbons (Fsp3) is 0.571. The van der Waals surface area contributed by atoms with Gasteiger partial charge in [0.15, 0.2) is 0 Å². The second-order valence-electron chi connectivity index (χ2n) is 1.78. The maximum Gasteiger partial charge on any atom is 0.308 e. The summed E-state index contributed by atoms with van der Waals surface area (Å²) in [5.41, 5.74) is 5.27. The maximum absolute atomic E-state index is 10.6. The molecule has 0 bridgehead atoms. The van der Waals surface area contributed by atoms with Crippen LogP contribution in [0, 0.1) is 12.3 Å². The highest BCUT2D eigenvalue weighted by Crippen LogP contribution is 1.89. The Bertz CT molecular complexity index is 148. The Kier molecular flexibility index (Phi) is 4.34.